The highest BCUT2D eigenvalue weighted by Crippen LogP contribution is 2.21. The first kappa shape index (κ1) is 19.9. The Morgan fingerprint density at radius 2 is 1.93 bits per heavy atom. The summed E-state index contributed by atoms with van der Waals surface area (Å²) in [6.45, 7) is 1.24. The number of ether oxygens (including phenoxy) is 1. The third-order valence-corrected chi connectivity index (χ3v) is 5.68. The summed E-state index contributed by atoms with van der Waals surface area (Å²) < 4.78 is 6.52. The number of thioether (sulfide) groups is 1. The zero-order valence-corrected chi connectivity index (χ0v) is 17.1. The predicted molar refractivity (Wildman–Crippen MR) is 111 cm³/mol. The van der Waals surface area contributed by atoms with E-state index in [0.717, 1.165) is 28.8 Å². The molecule has 2 aromatic rings. The summed E-state index contributed by atoms with van der Waals surface area (Å²) in [6, 6.07) is 14.8. The van der Waals surface area contributed by atoms with Gasteiger partial charge in [-0.3, -0.25) is 9.59 Å². The predicted octanol–water partition coefficient (Wildman–Crippen LogP) is 4.09. The number of hydrogen-bond donors (Lipinski definition) is 2. The highest BCUT2D eigenvalue weighted by Gasteiger charge is 2.18. The molecule has 1 aliphatic heterocycles. The van der Waals surface area contributed by atoms with Gasteiger partial charge < -0.3 is 15.4 Å². The number of rotatable bonds is 7. The molecule has 0 spiro atoms. The molecule has 7 heteroatoms. The number of halogens is 1. The lowest BCUT2D eigenvalue weighted by Crippen LogP contribution is -2.32. The van der Waals surface area contributed by atoms with Gasteiger partial charge in [-0.05, 0) is 49.2 Å². The third-order valence-electron chi connectivity index (χ3n) is 4.14. The van der Waals surface area contributed by atoms with Crippen molar-refractivity contribution >= 4 is 45.2 Å². The van der Waals surface area contributed by atoms with E-state index in [0.29, 0.717) is 17.8 Å². The molecule has 0 saturated carbocycles. The molecule has 3 rings (SSSR count). The van der Waals surface area contributed by atoms with E-state index in [1.807, 2.05) is 24.3 Å². The lowest BCUT2D eigenvalue weighted by atomic mass is 10.1. The average Bonchev–Trinajstić information content (AvgIpc) is 3.20. The van der Waals surface area contributed by atoms with Crippen LogP contribution in [0.4, 0.5) is 5.69 Å². The monoisotopic (exact) mass is 448 g/mol. The highest BCUT2D eigenvalue weighted by molar-refractivity contribution is 9.10. The van der Waals surface area contributed by atoms with Crippen molar-refractivity contribution in [3.05, 3.63) is 58.6 Å². The highest BCUT2D eigenvalue weighted by atomic mass is 79.9. The van der Waals surface area contributed by atoms with Gasteiger partial charge >= 0.3 is 0 Å². The Morgan fingerprint density at radius 1 is 1.15 bits per heavy atom. The van der Waals surface area contributed by atoms with Crippen molar-refractivity contribution in [3.8, 4) is 0 Å². The summed E-state index contributed by atoms with van der Waals surface area (Å²) in [4.78, 5) is 25.8. The molecule has 0 bridgehead atoms. The molecule has 1 unspecified atom stereocenters. The van der Waals surface area contributed by atoms with E-state index < -0.39 is 0 Å². The van der Waals surface area contributed by atoms with Crippen molar-refractivity contribution in [2.45, 2.75) is 23.8 Å². The second kappa shape index (κ2) is 9.92. The van der Waals surface area contributed by atoms with Crippen molar-refractivity contribution in [1.29, 1.82) is 0 Å². The molecule has 142 valence electrons. The molecular formula is C20H21BrN2O3S. The Kier molecular flexibility index (Phi) is 7.32. The minimum atomic E-state index is -0.207. The number of para-hydroxylation sites is 1. The maximum Gasteiger partial charge on any atom is 0.253 e. The van der Waals surface area contributed by atoms with Gasteiger partial charge in [0.25, 0.3) is 5.91 Å². The Hall–Kier alpha value is -1.83. The smallest absolute Gasteiger partial charge is 0.253 e. The van der Waals surface area contributed by atoms with Gasteiger partial charge in [0.2, 0.25) is 5.91 Å². The molecule has 2 aromatic carbocycles. The van der Waals surface area contributed by atoms with Gasteiger partial charge in [-0.15, -0.1) is 11.8 Å². The molecule has 1 atom stereocenters. The zero-order chi connectivity index (χ0) is 19.1. The number of carbonyl (C=O) groups is 2. The van der Waals surface area contributed by atoms with Crippen molar-refractivity contribution in [2.24, 2.45) is 0 Å². The summed E-state index contributed by atoms with van der Waals surface area (Å²) in [5.74, 6) is -0.0858. The van der Waals surface area contributed by atoms with E-state index in [4.69, 9.17) is 4.74 Å². The first-order chi connectivity index (χ1) is 13.1. The van der Waals surface area contributed by atoms with Gasteiger partial charge in [-0.25, -0.2) is 0 Å². The number of nitrogens with one attached hydrogen (secondary N) is 2. The lowest BCUT2D eigenvalue weighted by Gasteiger charge is -2.13. The lowest BCUT2D eigenvalue weighted by molar-refractivity contribution is -0.113. The normalized spacial score (nSPS) is 16.1. The maximum atomic E-state index is 12.5. The number of benzene rings is 2. The Morgan fingerprint density at radius 3 is 2.67 bits per heavy atom. The standard InChI is InChI=1S/C20H21BrN2O3S/c21-14-7-9-16(10-8-14)27-13-19(24)23-18-6-2-1-5-17(18)20(25)22-12-15-4-3-11-26-15/h1-2,5-10,15H,3-4,11-13H2,(H,22,25)(H,23,24). The van der Waals surface area contributed by atoms with Gasteiger partial charge in [0.15, 0.2) is 0 Å². The average molecular weight is 449 g/mol. The van der Waals surface area contributed by atoms with Gasteiger partial charge in [0, 0.05) is 22.5 Å². The molecule has 5 nitrogen and oxygen atoms in total. The summed E-state index contributed by atoms with van der Waals surface area (Å²) >= 11 is 4.84. The van der Waals surface area contributed by atoms with Crippen molar-refractivity contribution in [3.63, 3.8) is 0 Å². The number of carbonyl (C=O) groups excluding carboxylic acids is 2. The van der Waals surface area contributed by atoms with Gasteiger partial charge in [0.05, 0.1) is 23.1 Å². The van der Waals surface area contributed by atoms with Crippen LogP contribution >= 0.6 is 27.7 Å². The summed E-state index contributed by atoms with van der Waals surface area (Å²) in [6.07, 6.45) is 2.08. The third kappa shape index (κ3) is 6.09. The molecule has 1 aliphatic rings. The SMILES string of the molecule is O=C(CSc1ccc(Br)cc1)Nc1ccccc1C(=O)NCC1CCCO1. The Bertz CT molecular complexity index is 792. The Labute approximate surface area is 171 Å². The van der Waals surface area contributed by atoms with Crippen LogP contribution in [0.15, 0.2) is 57.9 Å². The second-order valence-electron chi connectivity index (χ2n) is 6.18. The van der Waals surface area contributed by atoms with Crippen LogP contribution in [0.3, 0.4) is 0 Å². The summed E-state index contributed by atoms with van der Waals surface area (Å²) in [5.41, 5.74) is 0.973. The molecule has 0 radical (unpaired) electrons. The Balaban J connectivity index is 1.55. The van der Waals surface area contributed by atoms with E-state index >= 15 is 0 Å². The molecule has 0 aromatic heterocycles. The van der Waals surface area contributed by atoms with Gasteiger partial charge in [0.1, 0.15) is 0 Å². The largest absolute Gasteiger partial charge is 0.376 e. The summed E-state index contributed by atoms with van der Waals surface area (Å²) in [7, 11) is 0. The van der Waals surface area contributed by atoms with Crippen molar-refractivity contribution < 1.29 is 14.3 Å². The van der Waals surface area contributed by atoms with E-state index in [1.165, 1.54) is 11.8 Å². The summed E-state index contributed by atoms with van der Waals surface area (Å²) in [5, 5.41) is 5.73. The number of amides is 2. The molecule has 2 amide bonds. The fourth-order valence-electron chi connectivity index (χ4n) is 2.76. The minimum Gasteiger partial charge on any atom is -0.376 e. The molecular weight excluding hydrogens is 428 g/mol. The van der Waals surface area contributed by atoms with Crippen LogP contribution in [0.25, 0.3) is 0 Å². The first-order valence-electron chi connectivity index (χ1n) is 8.79. The van der Waals surface area contributed by atoms with Crippen LogP contribution in [0.2, 0.25) is 0 Å². The van der Waals surface area contributed by atoms with Crippen LogP contribution in [-0.4, -0.2) is 36.8 Å². The van der Waals surface area contributed by atoms with Crippen LogP contribution < -0.4 is 10.6 Å². The zero-order valence-electron chi connectivity index (χ0n) is 14.7. The molecule has 2 N–H and O–H groups in total. The van der Waals surface area contributed by atoms with Crippen molar-refractivity contribution in [2.75, 3.05) is 24.2 Å². The second-order valence-corrected chi connectivity index (χ2v) is 8.15. The molecule has 1 saturated heterocycles. The van der Waals surface area contributed by atoms with E-state index in [9.17, 15) is 9.59 Å². The van der Waals surface area contributed by atoms with E-state index in [-0.39, 0.29) is 23.7 Å². The quantitative estimate of drug-likeness (QED) is 0.625. The molecule has 0 aliphatic carbocycles. The molecule has 1 heterocycles. The topological polar surface area (TPSA) is 67.4 Å². The van der Waals surface area contributed by atoms with Crippen LogP contribution in [-0.2, 0) is 9.53 Å². The van der Waals surface area contributed by atoms with Crippen molar-refractivity contribution in [1.82, 2.24) is 5.32 Å². The van der Waals surface area contributed by atoms with Gasteiger partial charge in [-0.2, -0.15) is 0 Å². The number of anilines is 1. The molecule has 1 fully saturated rings. The van der Waals surface area contributed by atoms with Crippen LogP contribution in [0.5, 0.6) is 0 Å². The fraction of sp³-hybridized carbons (Fsp3) is 0.300. The minimum absolute atomic E-state index is 0.0815. The van der Waals surface area contributed by atoms with E-state index in [2.05, 4.69) is 26.6 Å². The fourth-order valence-corrected chi connectivity index (χ4v) is 3.73. The van der Waals surface area contributed by atoms with Gasteiger partial charge in [-0.1, -0.05) is 28.1 Å². The molecule has 27 heavy (non-hydrogen) atoms. The number of hydrogen-bond acceptors (Lipinski definition) is 4. The van der Waals surface area contributed by atoms with Crippen LogP contribution in [0.1, 0.15) is 23.2 Å². The maximum absolute atomic E-state index is 12.5. The first-order valence-corrected chi connectivity index (χ1v) is 10.6. The van der Waals surface area contributed by atoms with E-state index in [1.54, 1.807) is 24.3 Å². The van der Waals surface area contributed by atoms with Crippen LogP contribution in [0, 0.1) is 0 Å².